The van der Waals surface area contributed by atoms with E-state index in [4.69, 9.17) is 5.73 Å². The van der Waals surface area contributed by atoms with Crippen LogP contribution in [0.5, 0.6) is 0 Å². The van der Waals surface area contributed by atoms with E-state index in [2.05, 4.69) is 10.3 Å². The van der Waals surface area contributed by atoms with Gasteiger partial charge in [0.25, 0.3) is 0 Å². The van der Waals surface area contributed by atoms with E-state index < -0.39 is 0 Å². The molecule has 2 rings (SSSR count). The van der Waals surface area contributed by atoms with Gasteiger partial charge in [0.1, 0.15) is 5.82 Å². The molecule has 0 unspecified atom stereocenters. The van der Waals surface area contributed by atoms with E-state index in [0.29, 0.717) is 11.7 Å². The molecule has 0 aliphatic heterocycles. The van der Waals surface area contributed by atoms with Gasteiger partial charge in [0.2, 0.25) is 0 Å². The van der Waals surface area contributed by atoms with Crippen LogP contribution in [0.4, 0.5) is 15.2 Å². The second kappa shape index (κ2) is 4.27. The van der Waals surface area contributed by atoms with E-state index >= 15 is 0 Å². The number of aromatic nitrogens is 1. The van der Waals surface area contributed by atoms with Gasteiger partial charge in [-0.1, -0.05) is 0 Å². The molecule has 15 heavy (non-hydrogen) atoms. The SMILES string of the molecule is Nc1nc(CNc2ccc(F)cc2)cs1. The van der Waals surface area contributed by atoms with Crippen LogP contribution >= 0.6 is 11.3 Å². The second-order valence-corrected chi connectivity index (χ2v) is 3.93. The van der Waals surface area contributed by atoms with Gasteiger partial charge in [-0.3, -0.25) is 0 Å². The van der Waals surface area contributed by atoms with E-state index in [1.807, 2.05) is 5.38 Å². The Hall–Kier alpha value is -1.62. The van der Waals surface area contributed by atoms with Crippen LogP contribution in [-0.2, 0) is 6.54 Å². The Bertz CT molecular complexity index is 438. The topological polar surface area (TPSA) is 50.9 Å². The summed E-state index contributed by atoms with van der Waals surface area (Å²) in [5.41, 5.74) is 7.25. The first-order valence-electron chi connectivity index (χ1n) is 4.43. The fourth-order valence-corrected chi connectivity index (χ4v) is 1.73. The van der Waals surface area contributed by atoms with E-state index in [1.165, 1.54) is 23.5 Å². The number of nitrogen functional groups attached to an aromatic ring is 1. The zero-order chi connectivity index (χ0) is 10.7. The standard InChI is InChI=1S/C10H10FN3S/c11-7-1-3-8(4-2-7)13-5-9-6-15-10(12)14-9/h1-4,6,13H,5H2,(H2,12,14). The minimum atomic E-state index is -0.238. The molecule has 0 radical (unpaired) electrons. The predicted molar refractivity (Wildman–Crippen MR) is 60.3 cm³/mol. The van der Waals surface area contributed by atoms with Crippen molar-refractivity contribution in [2.75, 3.05) is 11.1 Å². The van der Waals surface area contributed by atoms with Crippen LogP contribution < -0.4 is 11.1 Å². The number of hydrogen-bond donors (Lipinski definition) is 2. The minimum Gasteiger partial charge on any atom is -0.379 e. The molecule has 0 bridgehead atoms. The molecule has 3 N–H and O–H groups in total. The molecule has 3 nitrogen and oxygen atoms in total. The summed E-state index contributed by atoms with van der Waals surface area (Å²) in [5, 5.41) is 5.58. The first kappa shape index (κ1) is 9.92. The molecule has 1 aromatic carbocycles. The number of nitrogens with zero attached hydrogens (tertiary/aromatic N) is 1. The third-order valence-corrected chi connectivity index (χ3v) is 2.61. The molecule has 0 spiro atoms. The molecule has 0 saturated carbocycles. The number of thiazole rings is 1. The Morgan fingerprint density at radius 1 is 1.33 bits per heavy atom. The molecule has 0 saturated heterocycles. The quantitative estimate of drug-likeness (QED) is 0.840. The van der Waals surface area contributed by atoms with Gasteiger partial charge in [0.15, 0.2) is 5.13 Å². The molecule has 0 fully saturated rings. The predicted octanol–water partition coefficient (Wildman–Crippen LogP) is 2.48. The number of nitrogens with one attached hydrogen (secondary N) is 1. The highest BCUT2D eigenvalue weighted by molar-refractivity contribution is 7.13. The van der Waals surface area contributed by atoms with Gasteiger partial charge < -0.3 is 11.1 Å². The number of benzene rings is 1. The van der Waals surface area contributed by atoms with Crippen molar-refractivity contribution >= 4 is 22.2 Å². The maximum absolute atomic E-state index is 12.6. The lowest BCUT2D eigenvalue weighted by atomic mass is 10.3. The number of hydrogen-bond acceptors (Lipinski definition) is 4. The van der Waals surface area contributed by atoms with Crippen LogP contribution in [0.1, 0.15) is 5.69 Å². The monoisotopic (exact) mass is 223 g/mol. The molecule has 1 aromatic heterocycles. The van der Waals surface area contributed by atoms with Crippen molar-refractivity contribution in [1.29, 1.82) is 0 Å². The largest absolute Gasteiger partial charge is 0.379 e. The summed E-state index contributed by atoms with van der Waals surface area (Å²) in [7, 11) is 0. The molecule has 5 heteroatoms. The average Bonchev–Trinajstić information content (AvgIpc) is 2.64. The molecule has 1 heterocycles. The molecule has 2 aromatic rings. The Balaban J connectivity index is 1.96. The zero-order valence-corrected chi connectivity index (χ0v) is 8.72. The van der Waals surface area contributed by atoms with Crippen LogP contribution in [-0.4, -0.2) is 4.98 Å². The van der Waals surface area contributed by atoms with Gasteiger partial charge in [-0.2, -0.15) is 0 Å². The molecule has 78 valence electrons. The van der Waals surface area contributed by atoms with Crippen LogP contribution in [0.25, 0.3) is 0 Å². The Kier molecular flexibility index (Phi) is 2.82. The smallest absolute Gasteiger partial charge is 0.180 e. The summed E-state index contributed by atoms with van der Waals surface area (Å²) < 4.78 is 12.6. The summed E-state index contributed by atoms with van der Waals surface area (Å²) in [6.45, 7) is 0.597. The Morgan fingerprint density at radius 3 is 2.67 bits per heavy atom. The maximum Gasteiger partial charge on any atom is 0.180 e. The molecular weight excluding hydrogens is 213 g/mol. The Morgan fingerprint density at radius 2 is 2.07 bits per heavy atom. The van der Waals surface area contributed by atoms with E-state index in [9.17, 15) is 4.39 Å². The van der Waals surface area contributed by atoms with Crippen molar-refractivity contribution in [1.82, 2.24) is 4.98 Å². The zero-order valence-electron chi connectivity index (χ0n) is 7.90. The summed E-state index contributed by atoms with van der Waals surface area (Å²) in [6, 6.07) is 6.20. The van der Waals surface area contributed by atoms with Gasteiger partial charge in [-0.15, -0.1) is 11.3 Å². The molecule has 0 aliphatic carbocycles. The van der Waals surface area contributed by atoms with Gasteiger partial charge >= 0.3 is 0 Å². The average molecular weight is 223 g/mol. The lowest BCUT2D eigenvalue weighted by Gasteiger charge is -2.03. The van der Waals surface area contributed by atoms with Crippen LogP contribution in [0.2, 0.25) is 0 Å². The van der Waals surface area contributed by atoms with Gasteiger partial charge in [0.05, 0.1) is 12.2 Å². The summed E-state index contributed by atoms with van der Waals surface area (Å²) in [5.74, 6) is -0.238. The molecular formula is C10H10FN3S. The first-order chi connectivity index (χ1) is 7.24. The lowest BCUT2D eigenvalue weighted by molar-refractivity contribution is 0.628. The molecule has 0 atom stereocenters. The van der Waals surface area contributed by atoms with Crippen molar-refractivity contribution in [2.24, 2.45) is 0 Å². The highest BCUT2D eigenvalue weighted by Gasteiger charge is 1.98. The van der Waals surface area contributed by atoms with Crippen LogP contribution in [0.15, 0.2) is 29.6 Å². The number of nitrogens with two attached hydrogens (primary N) is 1. The van der Waals surface area contributed by atoms with Crippen molar-refractivity contribution in [2.45, 2.75) is 6.54 Å². The fraction of sp³-hybridized carbons (Fsp3) is 0.100. The summed E-state index contributed by atoms with van der Waals surface area (Å²) >= 11 is 1.41. The third-order valence-electron chi connectivity index (χ3n) is 1.89. The van der Waals surface area contributed by atoms with Crippen LogP contribution in [0.3, 0.4) is 0 Å². The van der Waals surface area contributed by atoms with E-state index in [-0.39, 0.29) is 5.82 Å². The third kappa shape index (κ3) is 2.66. The fourth-order valence-electron chi connectivity index (χ4n) is 1.16. The molecule has 0 amide bonds. The van der Waals surface area contributed by atoms with E-state index in [0.717, 1.165) is 11.4 Å². The Labute approximate surface area is 90.8 Å². The number of halogens is 1. The van der Waals surface area contributed by atoms with Crippen LogP contribution in [0, 0.1) is 5.82 Å². The highest BCUT2D eigenvalue weighted by Crippen LogP contribution is 2.13. The van der Waals surface area contributed by atoms with Crippen molar-refractivity contribution in [3.05, 3.63) is 41.2 Å². The summed E-state index contributed by atoms with van der Waals surface area (Å²) in [6.07, 6.45) is 0. The van der Waals surface area contributed by atoms with Crippen molar-refractivity contribution in [3.63, 3.8) is 0 Å². The van der Waals surface area contributed by atoms with E-state index in [1.54, 1.807) is 12.1 Å². The summed E-state index contributed by atoms with van der Waals surface area (Å²) in [4.78, 5) is 4.10. The normalized spacial score (nSPS) is 10.2. The lowest BCUT2D eigenvalue weighted by Crippen LogP contribution is -1.99. The maximum atomic E-state index is 12.6. The second-order valence-electron chi connectivity index (χ2n) is 3.04. The number of rotatable bonds is 3. The minimum absolute atomic E-state index is 0.238. The highest BCUT2D eigenvalue weighted by atomic mass is 32.1. The molecule has 0 aliphatic rings. The van der Waals surface area contributed by atoms with Crippen molar-refractivity contribution in [3.8, 4) is 0 Å². The first-order valence-corrected chi connectivity index (χ1v) is 5.31. The van der Waals surface area contributed by atoms with Gasteiger partial charge in [0, 0.05) is 11.1 Å². The van der Waals surface area contributed by atoms with Gasteiger partial charge in [-0.05, 0) is 24.3 Å². The van der Waals surface area contributed by atoms with Gasteiger partial charge in [-0.25, -0.2) is 9.37 Å². The van der Waals surface area contributed by atoms with Crippen molar-refractivity contribution < 1.29 is 4.39 Å². The number of anilines is 2.